The zero-order valence-corrected chi connectivity index (χ0v) is 12.5. The van der Waals surface area contributed by atoms with Crippen LogP contribution in [0.15, 0.2) is 24.3 Å². The summed E-state index contributed by atoms with van der Waals surface area (Å²) in [6.07, 6.45) is 2.15. The van der Waals surface area contributed by atoms with Crippen LogP contribution in [0.4, 0.5) is 0 Å². The highest BCUT2D eigenvalue weighted by molar-refractivity contribution is 5.77. The molecule has 0 N–H and O–H groups in total. The topological polar surface area (TPSA) is 74.8 Å². The molecule has 3 rings (SSSR count). The Balaban J connectivity index is 1.90. The van der Waals surface area contributed by atoms with Crippen LogP contribution in [-0.2, 0) is 11.3 Å². The first kappa shape index (κ1) is 14.3. The normalized spacial score (nSPS) is 14.1. The van der Waals surface area contributed by atoms with Gasteiger partial charge in [-0.1, -0.05) is 12.1 Å². The minimum Gasteiger partial charge on any atom is -0.341 e. The van der Waals surface area contributed by atoms with Gasteiger partial charge in [-0.3, -0.25) is 4.79 Å². The average molecular weight is 295 g/mol. The van der Waals surface area contributed by atoms with E-state index in [2.05, 4.69) is 16.3 Å². The average Bonchev–Trinajstić information content (AvgIpc) is 3.18. The predicted octanol–water partition coefficient (Wildman–Crippen LogP) is 1.75. The van der Waals surface area contributed by atoms with Crippen molar-refractivity contribution < 1.29 is 4.79 Å². The monoisotopic (exact) mass is 295 g/mol. The largest absolute Gasteiger partial charge is 0.341 e. The second kappa shape index (κ2) is 5.98. The van der Waals surface area contributed by atoms with E-state index in [0.29, 0.717) is 17.2 Å². The van der Waals surface area contributed by atoms with Crippen LogP contribution in [0.5, 0.6) is 0 Å². The van der Waals surface area contributed by atoms with Crippen molar-refractivity contribution in [2.75, 3.05) is 13.1 Å². The maximum absolute atomic E-state index is 12.4. The molecule has 6 heteroatoms. The van der Waals surface area contributed by atoms with Crippen LogP contribution >= 0.6 is 0 Å². The fourth-order valence-electron chi connectivity index (χ4n) is 2.71. The van der Waals surface area contributed by atoms with Crippen molar-refractivity contribution in [3.05, 3.63) is 35.7 Å². The molecule has 1 saturated heterocycles. The van der Waals surface area contributed by atoms with Crippen molar-refractivity contribution in [3.63, 3.8) is 0 Å². The molecule has 1 aromatic heterocycles. The first-order valence-electron chi connectivity index (χ1n) is 7.37. The Morgan fingerprint density at radius 3 is 2.82 bits per heavy atom. The predicted molar refractivity (Wildman–Crippen MR) is 80.7 cm³/mol. The van der Waals surface area contributed by atoms with E-state index in [-0.39, 0.29) is 12.5 Å². The molecule has 1 fully saturated rings. The second-order valence-corrected chi connectivity index (χ2v) is 5.44. The Kier molecular flexibility index (Phi) is 3.88. The lowest BCUT2D eigenvalue weighted by Crippen LogP contribution is -2.31. The highest BCUT2D eigenvalue weighted by Gasteiger charge is 2.21. The minimum atomic E-state index is 0.0955. The van der Waals surface area contributed by atoms with Crippen molar-refractivity contribution in [2.24, 2.45) is 0 Å². The number of nitrogens with zero attached hydrogens (tertiary/aromatic N) is 5. The molecule has 0 saturated carbocycles. The Morgan fingerprint density at radius 2 is 2.09 bits per heavy atom. The Labute approximate surface area is 129 Å². The van der Waals surface area contributed by atoms with Crippen LogP contribution in [-0.4, -0.2) is 38.7 Å². The fourth-order valence-corrected chi connectivity index (χ4v) is 2.71. The maximum atomic E-state index is 12.4. The number of benzene rings is 1. The highest BCUT2D eigenvalue weighted by atomic mass is 16.2. The third-order valence-corrected chi connectivity index (χ3v) is 3.94. The summed E-state index contributed by atoms with van der Waals surface area (Å²) in [5, 5.41) is 17.3. The fraction of sp³-hybridized carbons (Fsp3) is 0.375. The minimum absolute atomic E-state index is 0.0955. The van der Waals surface area contributed by atoms with Crippen LogP contribution in [0.2, 0.25) is 0 Å². The third kappa shape index (κ3) is 2.70. The summed E-state index contributed by atoms with van der Waals surface area (Å²) in [5.41, 5.74) is 1.37. The first-order valence-corrected chi connectivity index (χ1v) is 7.37. The molecule has 0 spiro atoms. The number of carbonyl (C=O) groups is 1. The van der Waals surface area contributed by atoms with Crippen molar-refractivity contribution in [2.45, 2.75) is 26.3 Å². The molecule has 0 unspecified atom stereocenters. The standard InChI is InChI=1S/C16H17N5O/c1-12-18-19-16(14-6-4-5-13(9-14)10-17)21(12)11-15(22)20-7-2-3-8-20/h4-6,9H,2-3,7-8,11H2,1H3. The molecule has 2 aromatic rings. The van der Waals surface area contributed by atoms with Crippen LogP contribution in [0, 0.1) is 18.3 Å². The van der Waals surface area contributed by atoms with Gasteiger partial charge >= 0.3 is 0 Å². The van der Waals surface area contributed by atoms with Gasteiger partial charge in [0, 0.05) is 18.7 Å². The zero-order valence-electron chi connectivity index (χ0n) is 12.5. The lowest BCUT2D eigenvalue weighted by Gasteiger charge is -2.16. The van der Waals surface area contributed by atoms with Gasteiger partial charge in [-0.2, -0.15) is 5.26 Å². The molecular formula is C16H17N5O. The van der Waals surface area contributed by atoms with Gasteiger partial charge < -0.3 is 9.47 Å². The van der Waals surface area contributed by atoms with E-state index in [1.165, 1.54) is 0 Å². The number of amides is 1. The van der Waals surface area contributed by atoms with E-state index >= 15 is 0 Å². The Morgan fingerprint density at radius 1 is 1.32 bits per heavy atom. The van der Waals surface area contributed by atoms with Gasteiger partial charge in [0.05, 0.1) is 11.6 Å². The van der Waals surface area contributed by atoms with E-state index in [1.54, 1.807) is 12.1 Å². The SMILES string of the molecule is Cc1nnc(-c2cccc(C#N)c2)n1CC(=O)N1CCCC1. The van der Waals surface area contributed by atoms with Gasteiger partial charge in [0.2, 0.25) is 5.91 Å². The lowest BCUT2D eigenvalue weighted by atomic mass is 10.1. The highest BCUT2D eigenvalue weighted by Crippen LogP contribution is 2.20. The summed E-state index contributed by atoms with van der Waals surface area (Å²) < 4.78 is 1.82. The summed E-state index contributed by atoms with van der Waals surface area (Å²) in [5.74, 6) is 1.42. The van der Waals surface area contributed by atoms with E-state index in [1.807, 2.05) is 28.5 Å². The van der Waals surface area contributed by atoms with Crippen molar-refractivity contribution >= 4 is 5.91 Å². The number of carbonyl (C=O) groups excluding carboxylic acids is 1. The molecule has 1 aliphatic heterocycles. The van der Waals surface area contributed by atoms with Gasteiger partial charge in [0.1, 0.15) is 12.4 Å². The molecule has 0 bridgehead atoms. The Bertz CT molecular complexity index is 737. The smallest absolute Gasteiger partial charge is 0.242 e. The first-order chi connectivity index (χ1) is 10.7. The molecule has 1 amide bonds. The van der Waals surface area contributed by atoms with Gasteiger partial charge in [-0.25, -0.2) is 0 Å². The molecule has 0 aliphatic carbocycles. The molecule has 0 atom stereocenters. The number of aryl methyl sites for hydroxylation is 1. The van der Waals surface area contributed by atoms with E-state index in [9.17, 15) is 4.79 Å². The van der Waals surface area contributed by atoms with Crippen LogP contribution < -0.4 is 0 Å². The van der Waals surface area contributed by atoms with Crippen molar-refractivity contribution in [1.29, 1.82) is 5.26 Å². The maximum Gasteiger partial charge on any atom is 0.242 e. The van der Waals surface area contributed by atoms with Crippen molar-refractivity contribution in [3.8, 4) is 17.5 Å². The van der Waals surface area contributed by atoms with Gasteiger partial charge in [-0.15, -0.1) is 10.2 Å². The molecule has 0 radical (unpaired) electrons. The number of hydrogen-bond donors (Lipinski definition) is 0. The molecule has 22 heavy (non-hydrogen) atoms. The second-order valence-electron chi connectivity index (χ2n) is 5.44. The van der Waals surface area contributed by atoms with Gasteiger partial charge in [0.15, 0.2) is 5.82 Å². The number of rotatable bonds is 3. The molecule has 2 heterocycles. The Hall–Kier alpha value is -2.68. The summed E-state index contributed by atoms with van der Waals surface area (Å²) in [6.45, 7) is 3.74. The lowest BCUT2D eigenvalue weighted by molar-refractivity contribution is -0.130. The molecule has 6 nitrogen and oxygen atoms in total. The van der Waals surface area contributed by atoms with Crippen LogP contribution in [0.3, 0.4) is 0 Å². The number of nitriles is 1. The summed E-state index contributed by atoms with van der Waals surface area (Å²) in [7, 11) is 0. The zero-order chi connectivity index (χ0) is 15.5. The molecule has 1 aliphatic rings. The van der Waals surface area contributed by atoms with Gasteiger partial charge in [0.25, 0.3) is 0 Å². The summed E-state index contributed by atoms with van der Waals surface area (Å²) in [6, 6.07) is 9.31. The molecule has 1 aromatic carbocycles. The van der Waals surface area contributed by atoms with Crippen molar-refractivity contribution in [1.82, 2.24) is 19.7 Å². The number of likely N-dealkylation sites (tertiary alicyclic amines) is 1. The summed E-state index contributed by atoms with van der Waals surface area (Å²) >= 11 is 0. The molecule has 112 valence electrons. The van der Waals surface area contributed by atoms with E-state index < -0.39 is 0 Å². The van der Waals surface area contributed by atoms with E-state index in [4.69, 9.17) is 5.26 Å². The number of hydrogen-bond acceptors (Lipinski definition) is 4. The third-order valence-electron chi connectivity index (χ3n) is 3.94. The van der Waals surface area contributed by atoms with Crippen LogP contribution in [0.25, 0.3) is 11.4 Å². The van der Waals surface area contributed by atoms with E-state index in [0.717, 1.165) is 31.5 Å². The van der Waals surface area contributed by atoms with Gasteiger partial charge in [-0.05, 0) is 31.9 Å². The quantitative estimate of drug-likeness (QED) is 0.864. The van der Waals surface area contributed by atoms with Crippen LogP contribution in [0.1, 0.15) is 24.2 Å². The summed E-state index contributed by atoms with van der Waals surface area (Å²) in [4.78, 5) is 14.3. The molecular weight excluding hydrogens is 278 g/mol. The number of aromatic nitrogens is 3.